The highest BCUT2D eigenvalue weighted by atomic mass is 15.2. The predicted molar refractivity (Wildman–Crippen MR) is 112 cm³/mol. The van der Waals surface area contributed by atoms with Gasteiger partial charge in [-0.15, -0.1) is 0 Å². The van der Waals surface area contributed by atoms with Gasteiger partial charge in [-0.25, -0.2) is 19.9 Å². The quantitative estimate of drug-likeness (QED) is 0.712. The van der Waals surface area contributed by atoms with Crippen LogP contribution in [0.5, 0.6) is 0 Å². The third-order valence-corrected chi connectivity index (χ3v) is 5.15. The van der Waals surface area contributed by atoms with Gasteiger partial charge in [-0.3, -0.25) is 0 Å². The average molecular weight is 374 g/mol. The standard InChI is InChI=1S/C22H26N6/c1-2-18-15-22(25-16-24-18)28-12-9-19(10-13-28)26-20-8-11-23-21(27-20)14-17-6-4-3-5-7-17/h3-8,11,15-16,19H,2,9-10,12-14H2,1H3,(H,23,26,27). The molecular formula is C22H26N6. The smallest absolute Gasteiger partial charge is 0.135 e. The second-order valence-corrected chi connectivity index (χ2v) is 7.15. The van der Waals surface area contributed by atoms with Gasteiger partial charge in [-0.2, -0.15) is 0 Å². The van der Waals surface area contributed by atoms with Gasteiger partial charge in [-0.05, 0) is 30.9 Å². The van der Waals surface area contributed by atoms with Gasteiger partial charge in [0.1, 0.15) is 23.8 Å². The van der Waals surface area contributed by atoms with E-state index in [2.05, 4.69) is 50.3 Å². The number of nitrogens with zero attached hydrogens (tertiary/aromatic N) is 5. The van der Waals surface area contributed by atoms with Crippen molar-refractivity contribution in [2.75, 3.05) is 23.3 Å². The summed E-state index contributed by atoms with van der Waals surface area (Å²) in [7, 11) is 0. The largest absolute Gasteiger partial charge is 0.367 e. The van der Waals surface area contributed by atoms with E-state index in [0.717, 1.165) is 61.9 Å². The molecule has 0 saturated carbocycles. The molecule has 6 nitrogen and oxygen atoms in total. The Bertz CT molecular complexity index is 890. The second-order valence-electron chi connectivity index (χ2n) is 7.15. The van der Waals surface area contributed by atoms with Gasteiger partial charge in [0.05, 0.1) is 0 Å². The van der Waals surface area contributed by atoms with Crippen molar-refractivity contribution in [3.8, 4) is 0 Å². The van der Waals surface area contributed by atoms with E-state index in [4.69, 9.17) is 4.98 Å². The summed E-state index contributed by atoms with van der Waals surface area (Å²) < 4.78 is 0. The van der Waals surface area contributed by atoms with Crippen molar-refractivity contribution in [2.24, 2.45) is 0 Å². The minimum Gasteiger partial charge on any atom is -0.367 e. The van der Waals surface area contributed by atoms with E-state index in [9.17, 15) is 0 Å². The van der Waals surface area contributed by atoms with E-state index in [1.807, 2.05) is 30.5 Å². The molecule has 144 valence electrons. The van der Waals surface area contributed by atoms with Crippen LogP contribution in [-0.4, -0.2) is 39.1 Å². The summed E-state index contributed by atoms with van der Waals surface area (Å²) in [5.41, 5.74) is 2.32. The van der Waals surface area contributed by atoms with Crippen LogP contribution in [0.25, 0.3) is 0 Å². The summed E-state index contributed by atoms with van der Waals surface area (Å²) in [6.07, 6.45) is 7.32. The molecule has 0 bridgehead atoms. The Balaban J connectivity index is 1.34. The molecule has 0 amide bonds. The van der Waals surface area contributed by atoms with Crippen LogP contribution in [0.4, 0.5) is 11.6 Å². The van der Waals surface area contributed by atoms with E-state index < -0.39 is 0 Å². The zero-order valence-corrected chi connectivity index (χ0v) is 16.3. The van der Waals surface area contributed by atoms with Crippen LogP contribution in [0.2, 0.25) is 0 Å². The average Bonchev–Trinajstić information content (AvgIpc) is 2.75. The van der Waals surface area contributed by atoms with Crippen molar-refractivity contribution in [3.63, 3.8) is 0 Å². The van der Waals surface area contributed by atoms with E-state index in [1.54, 1.807) is 6.33 Å². The number of rotatable bonds is 6. The zero-order valence-electron chi connectivity index (χ0n) is 16.3. The maximum Gasteiger partial charge on any atom is 0.135 e. The molecule has 1 aromatic carbocycles. The number of piperidine rings is 1. The molecule has 2 aromatic heterocycles. The second kappa shape index (κ2) is 8.78. The molecule has 3 heterocycles. The van der Waals surface area contributed by atoms with Crippen LogP contribution in [0.1, 0.15) is 36.8 Å². The number of nitrogens with one attached hydrogen (secondary N) is 1. The molecule has 0 spiro atoms. The fourth-order valence-corrected chi connectivity index (χ4v) is 3.56. The Morgan fingerprint density at radius 3 is 2.64 bits per heavy atom. The monoisotopic (exact) mass is 374 g/mol. The van der Waals surface area contributed by atoms with Crippen molar-refractivity contribution < 1.29 is 0 Å². The summed E-state index contributed by atoms with van der Waals surface area (Å²) >= 11 is 0. The Hall–Kier alpha value is -3.02. The van der Waals surface area contributed by atoms with Crippen LogP contribution in [-0.2, 0) is 12.8 Å². The Kier molecular flexibility index (Phi) is 5.75. The summed E-state index contributed by atoms with van der Waals surface area (Å²) in [5.74, 6) is 2.80. The number of aromatic nitrogens is 4. The number of aryl methyl sites for hydroxylation is 1. The van der Waals surface area contributed by atoms with Gasteiger partial charge < -0.3 is 10.2 Å². The van der Waals surface area contributed by atoms with E-state index in [1.165, 1.54) is 5.56 Å². The summed E-state index contributed by atoms with van der Waals surface area (Å²) in [6.45, 7) is 4.09. The molecule has 0 radical (unpaired) electrons. The molecule has 1 fully saturated rings. The topological polar surface area (TPSA) is 66.8 Å². The lowest BCUT2D eigenvalue weighted by Gasteiger charge is -2.33. The molecule has 0 unspecified atom stereocenters. The SMILES string of the molecule is CCc1cc(N2CCC(Nc3ccnc(Cc4ccccc4)n3)CC2)ncn1. The maximum absolute atomic E-state index is 4.71. The van der Waals surface area contributed by atoms with Crippen LogP contribution < -0.4 is 10.2 Å². The molecule has 1 saturated heterocycles. The first-order chi connectivity index (χ1) is 13.8. The van der Waals surface area contributed by atoms with Gasteiger partial charge in [0, 0.05) is 43.5 Å². The highest BCUT2D eigenvalue weighted by Gasteiger charge is 2.20. The third-order valence-electron chi connectivity index (χ3n) is 5.15. The Morgan fingerprint density at radius 2 is 1.86 bits per heavy atom. The van der Waals surface area contributed by atoms with Crippen molar-refractivity contribution in [1.29, 1.82) is 0 Å². The van der Waals surface area contributed by atoms with Crippen molar-refractivity contribution >= 4 is 11.6 Å². The van der Waals surface area contributed by atoms with Gasteiger partial charge >= 0.3 is 0 Å². The normalized spacial score (nSPS) is 14.8. The molecule has 4 rings (SSSR count). The number of anilines is 2. The van der Waals surface area contributed by atoms with Crippen molar-refractivity contribution in [2.45, 2.75) is 38.6 Å². The van der Waals surface area contributed by atoms with Crippen LogP contribution >= 0.6 is 0 Å². The van der Waals surface area contributed by atoms with E-state index >= 15 is 0 Å². The predicted octanol–water partition coefficient (Wildman–Crippen LogP) is 3.50. The maximum atomic E-state index is 4.71. The van der Waals surface area contributed by atoms with Gasteiger partial charge in [-0.1, -0.05) is 37.3 Å². The zero-order chi connectivity index (χ0) is 19.2. The molecule has 1 aliphatic heterocycles. The summed E-state index contributed by atoms with van der Waals surface area (Å²) in [6, 6.07) is 14.8. The Morgan fingerprint density at radius 1 is 1.04 bits per heavy atom. The van der Waals surface area contributed by atoms with Crippen LogP contribution in [0, 0.1) is 0 Å². The molecule has 28 heavy (non-hydrogen) atoms. The number of hydrogen-bond acceptors (Lipinski definition) is 6. The molecule has 1 aliphatic rings. The first-order valence-electron chi connectivity index (χ1n) is 9.98. The van der Waals surface area contributed by atoms with Crippen LogP contribution in [0.3, 0.4) is 0 Å². The fourth-order valence-electron chi connectivity index (χ4n) is 3.56. The van der Waals surface area contributed by atoms with Gasteiger partial charge in [0.2, 0.25) is 0 Å². The Labute approximate surface area is 166 Å². The minimum atomic E-state index is 0.420. The van der Waals surface area contributed by atoms with Crippen molar-refractivity contribution in [1.82, 2.24) is 19.9 Å². The number of hydrogen-bond donors (Lipinski definition) is 1. The molecule has 1 N–H and O–H groups in total. The van der Waals surface area contributed by atoms with Crippen LogP contribution in [0.15, 0.2) is 55.0 Å². The first-order valence-corrected chi connectivity index (χ1v) is 9.98. The molecule has 6 heteroatoms. The highest BCUT2D eigenvalue weighted by Crippen LogP contribution is 2.20. The number of benzene rings is 1. The lowest BCUT2D eigenvalue weighted by molar-refractivity contribution is 0.521. The molecule has 3 aromatic rings. The molecule has 0 aliphatic carbocycles. The summed E-state index contributed by atoms with van der Waals surface area (Å²) in [5, 5.41) is 3.59. The molecule has 0 atom stereocenters. The highest BCUT2D eigenvalue weighted by molar-refractivity contribution is 5.41. The first kappa shape index (κ1) is 18.3. The third kappa shape index (κ3) is 4.63. The van der Waals surface area contributed by atoms with Gasteiger partial charge in [0.25, 0.3) is 0 Å². The van der Waals surface area contributed by atoms with E-state index in [-0.39, 0.29) is 0 Å². The fraction of sp³-hybridized carbons (Fsp3) is 0.364. The minimum absolute atomic E-state index is 0.420. The van der Waals surface area contributed by atoms with Gasteiger partial charge in [0.15, 0.2) is 0 Å². The molecular weight excluding hydrogens is 348 g/mol. The van der Waals surface area contributed by atoms with E-state index in [0.29, 0.717) is 6.04 Å². The lowest BCUT2D eigenvalue weighted by atomic mass is 10.0. The summed E-state index contributed by atoms with van der Waals surface area (Å²) in [4.78, 5) is 20.2. The van der Waals surface area contributed by atoms with Crippen molar-refractivity contribution in [3.05, 3.63) is 72.1 Å². The lowest BCUT2D eigenvalue weighted by Crippen LogP contribution is -2.39.